The summed E-state index contributed by atoms with van der Waals surface area (Å²) in [7, 11) is 0. The average Bonchev–Trinajstić information content (AvgIpc) is 2.49. The van der Waals surface area contributed by atoms with Gasteiger partial charge in [0.05, 0.1) is 5.69 Å². The highest BCUT2D eigenvalue weighted by Crippen LogP contribution is 2.10. The van der Waals surface area contributed by atoms with Gasteiger partial charge in [0.1, 0.15) is 5.82 Å². The first kappa shape index (κ1) is 10.3. The lowest BCUT2D eigenvalue weighted by Crippen LogP contribution is -1.89. The first-order valence-corrected chi connectivity index (χ1v) is 5.38. The molecular formula is C11H20N2. The molecule has 1 aromatic rings. The molecule has 0 amide bonds. The van der Waals surface area contributed by atoms with E-state index in [1.54, 1.807) is 0 Å². The minimum atomic E-state index is 1.05. The second-order valence-electron chi connectivity index (χ2n) is 3.46. The van der Waals surface area contributed by atoms with Gasteiger partial charge in [-0.2, -0.15) is 0 Å². The average molecular weight is 180 g/mol. The molecule has 1 heterocycles. The van der Waals surface area contributed by atoms with E-state index in [-0.39, 0.29) is 0 Å². The van der Waals surface area contributed by atoms with Gasteiger partial charge in [0.25, 0.3) is 0 Å². The normalized spacial score (nSPS) is 10.7. The highest BCUT2D eigenvalue weighted by atomic mass is 14.9. The van der Waals surface area contributed by atoms with Gasteiger partial charge < -0.3 is 4.98 Å². The van der Waals surface area contributed by atoms with Crippen molar-refractivity contribution in [1.29, 1.82) is 0 Å². The van der Waals surface area contributed by atoms with Crippen LogP contribution in [0.25, 0.3) is 0 Å². The van der Waals surface area contributed by atoms with Gasteiger partial charge in [0.15, 0.2) is 0 Å². The number of aromatic amines is 1. The fourth-order valence-corrected chi connectivity index (χ4v) is 1.61. The largest absolute Gasteiger partial charge is 0.346 e. The summed E-state index contributed by atoms with van der Waals surface area (Å²) >= 11 is 0. The maximum atomic E-state index is 4.58. The second-order valence-corrected chi connectivity index (χ2v) is 3.46. The molecule has 0 spiro atoms. The van der Waals surface area contributed by atoms with Crippen molar-refractivity contribution in [1.82, 2.24) is 9.97 Å². The van der Waals surface area contributed by atoms with Crippen LogP contribution in [-0.2, 0) is 19.3 Å². The Kier molecular flexibility index (Phi) is 4.00. The summed E-state index contributed by atoms with van der Waals surface area (Å²) in [5.74, 6) is 1.17. The molecule has 0 aromatic carbocycles. The fraction of sp³-hybridized carbons (Fsp3) is 0.727. The molecule has 0 aliphatic heterocycles. The monoisotopic (exact) mass is 180 g/mol. The Bertz CT molecular complexity index is 251. The lowest BCUT2D eigenvalue weighted by molar-refractivity contribution is 0.836. The van der Waals surface area contributed by atoms with Crippen LogP contribution in [0.3, 0.4) is 0 Å². The molecular weight excluding hydrogens is 160 g/mol. The van der Waals surface area contributed by atoms with E-state index in [9.17, 15) is 0 Å². The minimum Gasteiger partial charge on any atom is -0.346 e. The van der Waals surface area contributed by atoms with Gasteiger partial charge in [0, 0.05) is 12.1 Å². The second kappa shape index (κ2) is 5.05. The summed E-state index contributed by atoms with van der Waals surface area (Å²) in [5, 5.41) is 0. The van der Waals surface area contributed by atoms with E-state index < -0.39 is 0 Å². The third-order valence-electron chi connectivity index (χ3n) is 2.24. The molecule has 0 saturated heterocycles. The maximum Gasteiger partial charge on any atom is 0.106 e. The van der Waals surface area contributed by atoms with Gasteiger partial charge >= 0.3 is 0 Å². The SMILES string of the molecule is CCCc1nc(CC)c(CCC)[nH]1. The van der Waals surface area contributed by atoms with Crippen molar-refractivity contribution in [3.8, 4) is 0 Å². The highest BCUT2D eigenvalue weighted by Gasteiger charge is 2.06. The van der Waals surface area contributed by atoms with E-state index in [4.69, 9.17) is 0 Å². The van der Waals surface area contributed by atoms with E-state index in [0.29, 0.717) is 0 Å². The molecule has 2 nitrogen and oxygen atoms in total. The number of H-pyrrole nitrogens is 1. The number of nitrogens with one attached hydrogen (secondary N) is 1. The number of imidazole rings is 1. The van der Waals surface area contributed by atoms with Crippen molar-refractivity contribution in [3.63, 3.8) is 0 Å². The van der Waals surface area contributed by atoms with Crippen LogP contribution in [0, 0.1) is 0 Å². The summed E-state index contributed by atoms with van der Waals surface area (Å²) < 4.78 is 0. The standard InChI is InChI=1S/C11H20N2/c1-4-7-10-9(6-3)12-11(13-10)8-5-2/h4-8H2,1-3H3,(H,12,13). The Balaban J connectivity index is 2.77. The number of hydrogen-bond donors (Lipinski definition) is 1. The molecule has 2 heteroatoms. The number of nitrogens with zero attached hydrogens (tertiary/aromatic N) is 1. The van der Waals surface area contributed by atoms with Gasteiger partial charge in [-0.15, -0.1) is 0 Å². The molecule has 13 heavy (non-hydrogen) atoms. The summed E-state index contributed by atoms with van der Waals surface area (Å²) in [6.07, 6.45) is 5.63. The van der Waals surface area contributed by atoms with Gasteiger partial charge in [-0.3, -0.25) is 0 Å². The zero-order valence-corrected chi connectivity index (χ0v) is 8.98. The van der Waals surface area contributed by atoms with Crippen LogP contribution in [0.1, 0.15) is 50.8 Å². The molecule has 1 N–H and O–H groups in total. The molecule has 0 unspecified atom stereocenters. The van der Waals surface area contributed by atoms with Crippen molar-refractivity contribution >= 4 is 0 Å². The van der Waals surface area contributed by atoms with E-state index in [1.165, 1.54) is 30.1 Å². The summed E-state index contributed by atoms with van der Waals surface area (Å²) in [4.78, 5) is 8.00. The molecule has 0 fully saturated rings. The predicted octanol–water partition coefficient (Wildman–Crippen LogP) is 2.88. The number of rotatable bonds is 5. The lowest BCUT2D eigenvalue weighted by Gasteiger charge is -1.95. The number of aryl methyl sites for hydroxylation is 3. The van der Waals surface area contributed by atoms with Crippen molar-refractivity contribution in [2.45, 2.75) is 52.9 Å². The van der Waals surface area contributed by atoms with Crippen molar-refractivity contribution in [3.05, 3.63) is 17.2 Å². The lowest BCUT2D eigenvalue weighted by atomic mass is 10.2. The Labute approximate surface area is 80.8 Å². The van der Waals surface area contributed by atoms with Crippen LogP contribution in [-0.4, -0.2) is 9.97 Å². The van der Waals surface area contributed by atoms with E-state index >= 15 is 0 Å². The zero-order valence-electron chi connectivity index (χ0n) is 8.98. The number of aromatic nitrogens is 2. The fourth-order valence-electron chi connectivity index (χ4n) is 1.61. The smallest absolute Gasteiger partial charge is 0.106 e. The molecule has 0 aliphatic rings. The van der Waals surface area contributed by atoms with Crippen LogP contribution >= 0.6 is 0 Å². The van der Waals surface area contributed by atoms with Gasteiger partial charge in [-0.25, -0.2) is 4.98 Å². The van der Waals surface area contributed by atoms with Gasteiger partial charge in [-0.1, -0.05) is 27.2 Å². The van der Waals surface area contributed by atoms with Crippen molar-refractivity contribution < 1.29 is 0 Å². The van der Waals surface area contributed by atoms with Gasteiger partial charge in [0.2, 0.25) is 0 Å². The molecule has 1 aromatic heterocycles. The quantitative estimate of drug-likeness (QED) is 0.741. The Morgan fingerprint density at radius 1 is 1.08 bits per heavy atom. The van der Waals surface area contributed by atoms with Crippen molar-refractivity contribution in [2.24, 2.45) is 0 Å². The minimum absolute atomic E-state index is 1.05. The first-order valence-electron chi connectivity index (χ1n) is 5.38. The molecule has 0 aliphatic carbocycles. The molecule has 0 bridgehead atoms. The van der Waals surface area contributed by atoms with Gasteiger partial charge in [-0.05, 0) is 19.3 Å². The van der Waals surface area contributed by atoms with Crippen LogP contribution in [0.4, 0.5) is 0 Å². The van der Waals surface area contributed by atoms with Crippen LogP contribution < -0.4 is 0 Å². The predicted molar refractivity (Wildman–Crippen MR) is 56.0 cm³/mol. The molecule has 0 atom stereocenters. The Morgan fingerprint density at radius 2 is 1.77 bits per heavy atom. The van der Waals surface area contributed by atoms with Crippen molar-refractivity contribution in [2.75, 3.05) is 0 Å². The maximum absolute atomic E-state index is 4.58. The summed E-state index contributed by atoms with van der Waals surface area (Å²) in [6, 6.07) is 0. The number of hydrogen-bond acceptors (Lipinski definition) is 1. The highest BCUT2D eigenvalue weighted by molar-refractivity contribution is 5.15. The Hall–Kier alpha value is -0.790. The topological polar surface area (TPSA) is 28.7 Å². The molecule has 74 valence electrons. The molecule has 0 radical (unpaired) electrons. The van der Waals surface area contributed by atoms with Crippen LogP contribution in [0.5, 0.6) is 0 Å². The van der Waals surface area contributed by atoms with Crippen LogP contribution in [0.2, 0.25) is 0 Å². The molecule has 1 rings (SSSR count). The third kappa shape index (κ3) is 2.58. The van der Waals surface area contributed by atoms with E-state index in [2.05, 4.69) is 30.7 Å². The third-order valence-corrected chi connectivity index (χ3v) is 2.24. The summed E-state index contributed by atoms with van der Waals surface area (Å²) in [6.45, 7) is 6.57. The summed E-state index contributed by atoms with van der Waals surface area (Å²) in [5.41, 5.74) is 2.62. The zero-order chi connectivity index (χ0) is 9.68. The van der Waals surface area contributed by atoms with E-state index in [1.807, 2.05) is 0 Å². The Morgan fingerprint density at radius 3 is 2.31 bits per heavy atom. The first-order chi connectivity index (χ1) is 6.31. The van der Waals surface area contributed by atoms with E-state index in [0.717, 1.165) is 19.3 Å². The molecule has 0 saturated carbocycles. The van der Waals surface area contributed by atoms with Crippen LogP contribution in [0.15, 0.2) is 0 Å².